The van der Waals surface area contributed by atoms with E-state index >= 15 is 0 Å². The summed E-state index contributed by atoms with van der Waals surface area (Å²) in [6, 6.07) is 4.08. The minimum Gasteiger partial charge on any atom is -0.335 e. The maximum Gasteiger partial charge on any atom is 0.264 e. The number of hydrogen-bond acceptors (Lipinski definition) is 4. The van der Waals surface area contributed by atoms with Crippen molar-refractivity contribution in [2.24, 2.45) is 5.73 Å². The predicted octanol–water partition coefficient (Wildman–Crippen LogP) is 0.463. The Labute approximate surface area is 99.6 Å². The molecule has 1 saturated heterocycles. The summed E-state index contributed by atoms with van der Waals surface area (Å²) >= 11 is 1.50. The van der Waals surface area contributed by atoms with Crippen molar-refractivity contribution in [3.63, 3.8) is 0 Å². The van der Waals surface area contributed by atoms with E-state index in [0.717, 1.165) is 24.5 Å². The van der Waals surface area contributed by atoms with Crippen molar-refractivity contribution in [1.29, 1.82) is 0 Å². The van der Waals surface area contributed by atoms with Crippen molar-refractivity contribution in [1.82, 2.24) is 9.80 Å². The summed E-state index contributed by atoms with van der Waals surface area (Å²) in [4.78, 5) is 17.1. The highest BCUT2D eigenvalue weighted by Crippen LogP contribution is 2.15. The van der Waals surface area contributed by atoms with Crippen LogP contribution >= 0.6 is 11.3 Å². The summed E-state index contributed by atoms with van der Waals surface area (Å²) in [5.74, 6) is 0.140. The topological polar surface area (TPSA) is 49.6 Å². The monoisotopic (exact) mass is 239 g/mol. The molecule has 1 amide bonds. The second kappa shape index (κ2) is 4.95. The number of carbonyl (C=O) groups excluding carboxylic acids is 1. The van der Waals surface area contributed by atoms with Gasteiger partial charge in [0.25, 0.3) is 5.91 Å². The highest BCUT2D eigenvalue weighted by Gasteiger charge is 2.27. The van der Waals surface area contributed by atoms with Crippen LogP contribution in [0.5, 0.6) is 0 Å². The van der Waals surface area contributed by atoms with Crippen molar-refractivity contribution in [2.45, 2.75) is 6.04 Å². The lowest BCUT2D eigenvalue weighted by molar-refractivity contribution is 0.0564. The number of hydrogen-bond donors (Lipinski definition) is 1. The minimum absolute atomic E-state index is 0.140. The number of nitrogens with zero attached hydrogens (tertiary/aromatic N) is 2. The van der Waals surface area contributed by atoms with Crippen LogP contribution < -0.4 is 5.73 Å². The van der Waals surface area contributed by atoms with E-state index in [1.54, 1.807) is 0 Å². The van der Waals surface area contributed by atoms with E-state index < -0.39 is 0 Å². The van der Waals surface area contributed by atoms with Crippen LogP contribution in [0.25, 0.3) is 0 Å². The third-order valence-electron chi connectivity index (χ3n) is 3.07. The van der Waals surface area contributed by atoms with E-state index in [0.29, 0.717) is 6.54 Å². The first-order valence-electron chi connectivity index (χ1n) is 5.45. The molecule has 2 heterocycles. The van der Waals surface area contributed by atoms with Crippen molar-refractivity contribution >= 4 is 17.2 Å². The molecule has 0 radical (unpaired) electrons. The Balaban J connectivity index is 2.03. The Morgan fingerprint density at radius 3 is 3.06 bits per heavy atom. The van der Waals surface area contributed by atoms with Crippen LogP contribution in [0.15, 0.2) is 17.5 Å². The van der Waals surface area contributed by atoms with Gasteiger partial charge in [0.15, 0.2) is 0 Å². The summed E-state index contributed by atoms with van der Waals surface area (Å²) in [5, 5.41) is 1.93. The Morgan fingerprint density at radius 1 is 1.62 bits per heavy atom. The highest BCUT2D eigenvalue weighted by atomic mass is 32.1. The Morgan fingerprint density at radius 2 is 2.44 bits per heavy atom. The summed E-state index contributed by atoms with van der Waals surface area (Å²) in [5.41, 5.74) is 5.70. The summed E-state index contributed by atoms with van der Waals surface area (Å²) < 4.78 is 0. The minimum atomic E-state index is 0.140. The predicted molar refractivity (Wildman–Crippen MR) is 65.7 cm³/mol. The van der Waals surface area contributed by atoms with Gasteiger partial charge in [-0.1, -0.05) is 6.07 Å². The smallest absolute Gasteiger partial charge is 0.264 e. The number of carbonyl (C=O) groups is 1. The molecule has 0 saturated carbocycles. The highest BCUT2D eigenvalue weighted by molar-refractivity contribution is 7.12. The number of likely N-dealkylation sites (N-methyl/N-ethyl adjacent to an activating group) is 1. The van der Waals surface area contributed by atoms with Crippen molar-refractivity contribution in [3.8, 4) is 0 Å². The zero-order valence-electron chi connectivity index (χ0n) is 9.43. The quantitative estimate of drug-likeness (QED) is 0.816. The maximum atomic E-state index is 12.1. The van der Waals surface area contributed by atoms with Gasteiger partial charge in [0.05, 0.1) is 4.88 Å². The SMILES string of the molecule is CN1CCN(C(=O)c2cccs2)CC1CN. The van der Waals surface area contributed by atoms with Gasteiger partial charge in [0, 0.05) is 32.2 Å². The van der Waals surface area contributed by atoms with Crippen LogP contribution in [0.2, 0.25) is 0 Å². The standard InChI is InChI=1S/C11H17N3OS/c1-13-4-5-14(8-9(13)7-12)11(15)10-3-2-6-16-10/h2-3,6,9H,4-5,7-8,12H2,1H3. The first-order chi connectivity index (χ1) is 7.72. The molecule has 16 heavy (non-hydrogen) atoms. The first kappa shape index (κ1) is 11.6. The van der Waals surface area contributed by atoms with Gasteiger partial charge in [-0.3, -0.25) is 9.69 Å². The molecule has 2 rings (SSSR count). The van der Waals surface area contributed by atoms with Gasteiger partial charge in [0.1, 0.15) is 0 Å². The van der Waals surface area contributed by atoms with Crippen LogP contribution in [0.3, 0.4) is 0 Å². The zero-order valence-corrected chi connectivity index (χ0v) is 10.2. The van der Waals surface area contributed by atoms with E-state index in [4.69, 9.17) is 5.73 Å². The number of nitrogens with two attached hydrogens (primary N) is 1. The second-order valence-electron chi connectivity index (χ2n) is 4.10. The van der Waals surface area contributed by atoms with Crippen LogP contribution in [0.4, 0.5) is 0 Å². The Kier molecular flexibility index (Phi) is 3.58. The van der Waals surface area contributed by atoms with E-state index in [2.05, 4.69) is 11.9 Å². The molecule has 1 fully saturated rings. The van der Waals surface area contributed by atoms with Gasteiger partial charge in [-0.15, -0.1) is 11.3 Å². The lowest BCUT2D eigenvalue weighted by atomic mass is 10.1. The number of amides is 1. The van der Waals surface area contributed by atoms with Crippen molar-refractivity contribution in [2.75, 3.05) is 33.2 Å². The van der Waals surface area contributed by atoms with E-state index in [1.165, 1.54) is 11.3 Å². The van der Waals surface area contributed by atoms with Gasteiger partial charge in [0.2, 0.25) is 0 Å². The van der Waals surface area contributed by atoms with Crippen LogP contribution in [-0.4, -0.2) is 55.0 Å². The van der Waals surface area contributed by atoms with Crippen LogP contribution in [-0.2, 0) is 0 Å². The van der Waals surface area contributed by atoms with E-state index in [-0.39, 0.29) is 11.9 Å². The lowest BCUT2D eigenvalue weighted by Gasteiger charge is -2.38. The van der Waals surface area contributed by atoms with E-state index in [9.17, 15) is 4.79 Å². The van der Waals surface area contributed by atoms with Crippen molar-refractivity contribution < 1.29 is 4.79 Å². The first-order valence-corrected chi connectivity index (χ1v) is 6.33. The van der Waals surface area contributed by atoms with Crippen LogP contribution in [0, 0.1) is 0 Å². The lowest BCUT2D eigenvalue weighted by Crippen LogP contribution is -2.55. The van der Waals surface area contributed by atoms with Gasteiger partial charge in [-0.25, -0.2) is 0 Å². The molecule has 1 unspecified atom stereocenters. The molecule has 1 atom stereocenters. The zero-order chi connectivity index (χ0) is 11.5. The van der Waals surface area contributed by atoms with Gasteiger partial charge >= 0.3 is 0 Å². The van der Waals surface area contributed by atoms with Gasteiger partial charge < -0.3 is 10.6 Å². The molecule has 1 aliphatic rings. The molecular weight excluding hydrogens is 222 g/mol. The van der Waals surface area contributed by atoms with Crippen LogP contribution in [0.1, 0.15) is 9.67 Å². The molecule has 1 aliphatic heterocycles. The van der Waals surface area contributed by atoms with Gasteiger partial charge in [-0.05, 0) is 18.5 Å². The summed E-state index contributed by atoms with van der Waals surface area (Å²) in [7, 11) is 2.06. The third kappa shape index (κ3) is 2.26. The number of thiophene rings is 1. The fourth-order valence-corrected chi connectivity index (χ4v) is 2.63. The third-order valence-corrected chi connectivity index (χ3v) is 3.93. The molecule has 0 aliphatic carbocycles. The average molecular weight is 239 g/mol. The molecule has 2 N–H and O–H groups in total. The maximum absolute atomic E-state index is 12.1. The molecule has 0 aromatic carbocycles. The molecule has 1 aromatic heterocycles. The fourth-order valence-electron chi connectivity index (χ4n) is 1.94. The normalized spacial score (nSPS) is 22.4. The summed E-state index contributed by atoms with van der Waals surface area (Å²) in [6.07, 6.45) is 0. The summed E-state index contributed by atoms with van der Waals surface area (Å²) in [6.45, 7) is 3.04. The molecule has 1 aromatic rings. The Hall–Kier alpha value is -0.910. The second-order valence-corrected chi connectivity index (χ2v) is 5.05. The molecule has 0 spiro atoms. The fraction of sp³-hybridized carbons (Fsp3) is 0.545. The molecular formula is C11H17N3OS. The average Bonchev–Trinajstić information content (AvgIpc) is 2.82. The Bertz CT molecular complexity index is 352. The molecule has 5 heteroatoms. The largest absolute Gasteiger partial charge is 0.335 e. The molecule has 0 bridgehead atoms. The molecule has 4 nitrogen and oxygen atoms in total. The number of piperazine rings is 1. The van der Waals surface area contributed by atoms with Crippen molar-refractivity contribution in [3.05, 3.63) is 22.4 Å². The van der Waals surface area contributed by atoms with E-state index in [1.807, 2.05) is 22.4 Å². The number of rotatable bonds is 2. The molecule has 88 valence electrons. The van der Waals surface area contributed by atoms with Gasteiger partial charge in [-0.2, -0.15) is 0 Å².